The maximum Gasteiger partial charge on any atom is 0.151 e. The van der Waals surface area contributed by atoms with Gasteiger partial charge in [0.05, 0.1) is 6.54 Å². The number of hydrogen-bond acceptors (Lipinski definition) is 4. The molecular weight excluding hydrogens is 262 g/mol. The topological polar surface area (TPSA) is 55.3 Å². The Morgan fingerprint density at radius 2 is 1.95 bits per heavy atom. The summed E-state index contributed by atoms with van der Waals surface area (Å²) in [5.74, 6) is 0.892. The van der Waals surface area contributed by atoms with Gasteiger partial charge in [-0.15, -0.1) is 0 Å². The van der Waals surface area contributed by atoms with E-state index in [1.54, 1.807) is 0 Å². The normalized spacial score (nSPS) is 12.0. The highest BCUT2D eigenvalue weighted by Gasteiger charge is 2.20. The molecule has 0 saturated carbocycles. The summed E-state index contributed by atoms with van der Waals surface area (Å²) in [4.78, 5) is 2.34. The van der Waals surface area contributed by atoms with Gasteiger partial charge in [-0.2, -0.15) is 0 Å². The Hall–Kier alpha value is -1.65. The molecule has 0 fully saturated rings. The van der Waals surface area contributed by atoms with Crippen LogP contribution in [0.15, 0.2) is 40.9 Å². The number of rotatable bonds is 7. The van der Waals surface area contributed by atoms with Gasteiger partial charge in [-0.05, 0) is 18.5 Å². The van der Waals surface area contributed by atoms with E-state index in [0.717, 1.165) is 36.7 Å². The second-order valence-corrected chi connectivity index (χ2v) is 6.22. The van der Waals surface area contributed by atoms with Crippen LogP contribution in [0.4, 0.5) is 0 Å². The molecule has 2 N–H and O–H groups in total. The van der Waals surface area contributed by atoms with Gasteiger partial charge in [0.1, 0.15) is 5.69 Å². The van der Waals surface area contributed by atoms with Crippen molar-refractivity contribution >= 4 is 0 Å². The van der Waals surface area contributed by atoms with Crippen LogP contribution >= 0.6 is 0 Å². The first-order valence-corrected chi connectivity index (χ1v) is 7.47. The Morgan fingerprint density at radius 1 is 1.24 bits per heavy atom. The van der Waals surface area contributed by atoms with Crippen molar-refractivity contribution in [3.8, 4) is 11.3 Å². The van der Waals surface area contributed by atoms with Gasteiger partial charge >= 0.3 is 0 Å². The lowest BCUT2D eigenvalue weighted by molar-refractivity contribution is 0.168. The van der Waals surface area contributed by atoms with Crippen LogP contribution in [-0.2, 0) is 6.54 Å². The molecule has 0 aliphatic rings. The quantitative estimate of drug-likeness (QED) is 0.850. The molecule has 0 aliphatic heterocycles. The van der Waals surface area contributed by atoms with Gasteiger partial charge in [0, 0.05) is 18.2 Å². The molecule has 0 unspecified atom stereocenters. The third-order valence-corrected chi connectivity index (χ3v) is 3.66. The van der Waals surface area contributed by atoms with E-state index in [1.165, 1.54) is 0 Å². The van der Waals surface area contributed by atoms with E-state index < -0.39 is 0 Å². The van der Waals surface area contributed by atoms with Crippen LogP contribution in [0.1, 0.15) is 26.5 Å². The lowest BCUT2D eigenvalue weighted by atomic mass is 9.93. The minimum Gasteiger partial charge on any atom is -0.359 e. The monoisotopic (exact) mass is 287 g/mol. The summed E-state index contributed by atoms with van der Waals surface area (Å²) >= 11 is 0. The highest BCUT2D eigenvalue weighted by atomic mass is 16.5. The Balaban J connectivity index is 2.04. The minimum absolute atomic E-state index is 0.109. The van der Waals surface area contributed by atoms with Crippen molar-refractivity contribution in [2.45, 2.75) is 27.3 Å². The molecular formula is C17H25N3O. The fourth-order valence-electron chi connectivity index (χ4n) is 2.30. The van der Waals surface area contributed by atoms with Gasteiger partial charge in [0.15, 0.2) is 5.76 Å². The molecule has 0 saturated heterocycles. The van der Waals surface area contributed by atoms with Crippen LogP contribution in [0.3, 0.4) is 0 Å². The second-order valence-electron chi connectivity index (χ2n) is 6.22. The Labute approximate surface area is 126 Å². The van der Waals surface area contributed by atoms with E-state index in [0.29, 0.717) is 6.54 Å². The Bertz CT molecular complexity index is 548. The predicted octanol–water partition coefficient (Wildman–Crippen LogP) is 3.15. The van der Waals surface area contributed by atoms with Crippen molar-refractivity contribution < 1.29 is 4.52 Å². The number of benzene rings is 1. The average Bonchev–Trinajstić information content (AvgIpc) is 2.96. The lowest BCUT2D eigenvalue weighted by Crippen LogP contribution is -2.38. The van der Waals surface area contributed by atoms with Crippen molar-refractivity contribution in [3.63, 3.8) is 0 Å². The molecule has 0 spiro atoms. The largest absolute Gasteiger partial charge is 0.359 e. The molecule has 1 heterocycles. The molecule has 0 radical (unpaired) electrons. The first kappa shape index (κ1) is 15.7. The fourth-order valence-corrected chi connectivity index (χ4v) is 2.30. The smallest absolute Gasteiger partial charge is 0.151 e. The number of nitrogens with two attached hydrogens (primary N) is 1. The molecule has 0 bridgehead atoms. The first-order chi connectivity index (χ1) is 10.0. The van der Waals surface area contributed by atoms with Crippen molar-refractivity contribution in [1.29, 1.82) is 0 Å². The molecule has 21 heavy (non-hydrogen) atoms. The summed E-state index contributed by atoms with van der Waals surface area (Å²) in [5.41, 5.74) is 7.90. The molecule has 2 rings (SSSR count). The van der Waals surface area contributed by atoms with E-state index in [9.17, 15) is 0 Å². The van der Waals surface area contributed by atoms with Crippen molar-refractivity contribution in [2.24, 2.45) is 11.1 Å². The van der Waals surface area contributed by atoms with E-state index in [2.05, 4.69) is 30.8 Å². The van der Waals surface area contributed by atoms with E-state index in [1.807, 2.05) is 36.4 Å². The summed E-state index contributed by atoms with van der Waals surface area (Å²) in [6.07, 6.45) is 0. The standard InChI is InChI=1S/C17H25N3O/c1-4-20(13-17(2,3)12-18)11-15-10-16(19-21-15)14-8-6-5-7-9-14/h5-10H,4,11-13,18H2,1-3H3. The third-order valence-electron chi connectivity index (χ3n) is 3.66. The van der Waals surface area contributed by atoms with Crippen LogP contribution in [0.2, 0.25) is 0 Å². The van der Waals surface area contributed by atoms with Crippen LogP contribution < -0.4 is 5.73 Å². The summed E-state index contributed by atoms with van der Waals surface area (Å²) in [5, 5.41) is 4.16. The minimum atomic E-state index is 0.109. The maximum atomic E-state index is 5.82. The van der Waals surface area contributed by atoms with Crippen LogP contribution in [0.25, 0.3) is 11.3 Å². The van der Waals surface area contributed by atoms with E-state index in [-0.39, 0.29) is 5.41 Å². The van der Waals surface area contributed by atoms with Crippen LogP contribution in [0.5, 0.6) is 0 Å². The van der Waals surface area contributed by atoms with Gasteiger partial charge in [0.2, 0.25) is 0 Å². The molecule has 4 nitrogen and oxygen atoms in total. The SMILES string of the molecule is CCN(Cc1cc(-c2ccccc2)no1)CC(C)(C)CN. The zero-order chi connectivity index (χ0) is 15.3. The summed E-state index contributed by atoms with van der Waals surface area (Å²) in [7, 11) is 0. The first-order valence-electron chi connectivity index (χ1n) is 7.47. The zero-order valence-electron chi connectivity index (χ0n) is 13.2. The fraction of sp³-hybridized carbons (Fsp3) is 0.471. The van der Waals surface area contributed by atoms with Crippen molar-refractivity contribution in [1.82, 2.24) is 10.1 Å². The number of nitrogens with zero attached hydrogens (tertiary/aromatic N) is 2. The number of hydrogen-bond donors (Lipinski definition) is 1. The van der Waals surface area contributed by atoms with Crippen molar-refractivity contribution in [3.05, 3.63) is 42.2 Å². The van der Waals surface area contributed by atoms with Gasteiger partial charge < -0.3 is 10.3 Å². The highest BCUT2D eigenvalue weighted by molar-refractivity contribution is 5.58. The number of aromatic nitrogens is 1. The molecule has 0 aliphatic carbocycles. The van der Waals surface area contributed by atoms with Gasteiger partial charge in [-0.3, -0.25) is 4.90 Å². The van der Waals surface area contributed by atoms with Gasteiger partial charge in [-0.1, -0.05) is 56.3 Å². The summed E-state index contributed by atoms with van der Waals surface area (Å²) in [6.45, 7) is 9.87. The second kappa shape index (κ2) is 6.87. The lowest BCUT2D eigenvalue weighted by Gasteiger charge is -2.30. The zero-order valence-corrected chi connectivity index (χ0v) is 13.2. The van der Waals surface area contributed by atoms with Crippen LogP contribution in [-0.4, -0.2) is 29.7 Å². The summed E-state index contributed by atoms with van der Waals surface area (Å²) < 4.78 is 5.48. The summed E-state index contributed by atoms with van der Waals surface area (Å²) in [6, 6.07) is 12.1. The Kier molecular flexibility index (Phi) is 5.15. The molecule has 0 atom stereocenters. The molecule has 1 aromatic heterocycles. The molecule has 4 heteroatoms. The van der Waals surface area contributed by atoms with Gasteiger partial charge in [0.25, 0.3) is 0 Å². The molecule has 2 aromatic rings. The molecule has 1 aromatic carbocycles. The van der Waals surface area contributed by atoms with E-state index in [4.69, 9.17) is 10.3 Å². The Morgan fingerprint density at radius 3 is 2.57 bits per heavy atom. The third kappa shape index (κ3) is 4.41. The van der Waals surface area contributed by atoms with Crippen molar-refractivity contribution in [2.75, 3.05) is 19.6 Å². The predicted molar refractivity (Wildman–Crippen MR) is 85.7 cm³/mol. The molecule has 0 amide bonds. The molecule has 114 valence electrons. The highest BCUT2D eigenvalue weighted by Crippen LogP contribution is 2.21. The van der Waals surface area contributed by atoms with Gasteiger partial charge in [-0.25, -0.2) is 0 Å². The van der Waals surface area contributed by atoms with Crippen LogP contribution in [0, 0.1) is 5.41 Å². The van der Waals surface area contributed by atoms with E-state index >= 15 is 0 Å². The average molecular weight is 287 g/mol. The maximum absolute atomic E-state index is 5.82.